The van der Waals surface area contributed by atoms with Gasteiger partial charge in [-0.2, -0.15) is 5.10 Å². The van der Waals surface area contributed by atoms with E-state index >= 15 is 0 Å². The van der Waals surface area contributed by atoms with E-state index in [9.17, 15) is 4.39 Å². The van der Waals surface area contributed by atoms with Crippen LogP contribution in [-0.2, 0) is 13.7 Å². The summed E-state index contributed by atoms with van der Waals surface area (Å²) in [6, 6.07) is 12.3. The third-order valence-corrected chi connectivity index (χ3v) is 3.75. The van der Waals surface area contributed by atoms with Crippen molar-refractivity contribution >= 4 is 26.8 Å². The monoisotopic (exact) mass is 334 g/mol. The third-order valence-electron chi connectivity index (χ3n) is 3.09. The normalized spacial score (nSPS) is 10.9. The molecule has 3 aromatic rings. The predicted octanol–water partition coefficient (Wildman–Crippen LogP) is 4.05. The Labute approximate surface area is 124 Å². The number of rotatable bonds is 3. The van der Waals surface area contributed by atoms with Crippen LogP contribution < -0.4 is 4.74 Å². The van der Waals surface area contributed by atoms with Gasteiger partial charge in [-0.05, 0) is 34.1 Å². The summed E-state index contributed by atoms with van der Waals surface area (Å²) in [5.41, 5.74) is 1.88. The fraction of sp³-hybridized carbons (Fsp3) is 0.133. The van der Waals surface area contributed by atoms with Gasteiger partial charge in [0.25, 0.3) is 0 Å². The molecule has 102 valence electrons. The van der Waals surface area contributed by atoms with E-state index in [1.54, 1.807) is 6.07 Å². The number of fused-ring (bicyclic) bond motifs is 1. The molecule has 0 aliphatic rings. The van der Waals surface area contributed by atoms with Crippen LogP contribution in [0.3, 0.4) is 0 Å². The molecule has 3 nitrogen and oxygen atoms in total. The molecule has 0 unspecified atom stereocenters. The number of benzene rings is 2. The topological polar surface area (TPSA) is 27.1 Å². The Morgan fingerprint density at radius 1 is 1.25 bits per heavy atom. The Hall–Kier alpha value is -1.88. The third kappa shape index (κ3) is 2.41. The molecule has 1 aromatic heterocycles. The molecule has 0 saturated carbocycles. The summed E-state index contributed by atoms with van der Waals surface area (Å²) >= 11 is 3.34. The molecule has 0 bridgehead atoms. The van der Waals surface area contributed by atoms with Crippen molar-refractivity contribution in [3.8, 4) is 5.75 Å². The van der Waals surface area contributed by atoms with Crippen LogP contribution >= 0.6 is 15.9 Å². The molecule has 20 heavy (non-hydrogen) atoms. The molecule has 2 aromatic carbocycles. The molecule has 0 aliphatic carbocycles. The van der Waals surface area contributed by atoms with E-state index in [0.717, 1.165) is 21.1 Å². The number of ether oxygens (including phenoxy) is 1. The van der Waals surface area contributed by atoms with E-state index in [1.807, 2.05) is 36.0 Å². The number of aromatic nitrogens is 2. The summed E-state index contributed by atoms with van der Waals surface area (Å²) in [6.45, 7) is 0.295. The van der Waals surface area contributed by atoms with Gasteiger partial charge < -0.3 is 4.74 Å². The maximum absolute atomic E-state index is 13.2. The van der Waals surface area contributed by atoms with Gasteiger partial charge in [0.05, 0.1) is 9.99 Å². The van der Waals surface area contributed by atoms with Crippen LogP contribution in [0.5, 0.6) is 5.75 Å². The summed E-state index contributed by atoms with van der Waals surface area (Å²) in [5.74, 6) is 0.147. The standard InChI is InChI=1S/C15H12BrFN2O/c1-19-14-5-3-2-4-11(14)13(18-19)9-20-15-8-10(17)6-7-12(15)16/h2-8H,9H2,1H3. The average molecular weight is 335 g/mol. The zero-order valence-electron chi connectivity index (χ0n) is 10.8. The van der Waals surface area contributed by atoms with Gasteiger partial charge in [0, 0.05) is 18.5 Å². The van der Waals surface area contributed by atoms with E-state index in [0.29, 0.717) is 12.4 Å². The lowest BCUT2D eigenvalue weighted by atomic mass is 10.2. The molecule has 0 amide bonds. The minimum Gasteiger partial charge on any atom is -0.486 e. The number of hydrogen-bond donors (Lipinski definition) is 0. The lowest BCUT2D eigenvalue weighted by Crippen LogP contribution is -1.99. The Morgan fingerprint density at radius 2 is 2.05 bits per heavy atom. The van der Waals surface area contributed by atoms with Crippen molar-refractivity contribution in [1.82, 2.24) is 9.78 Å². The van der Waals surface area contributed by atoms with E-state index in [2.05, 4.69) is 21.0 Å². The molecule has 1 heterocycles. The quantitative estimate of drug-likeness (QED) is 0.722. The minimum absolute atomic E-state index is 0.295. The van der Waals surface area contributed by atoms with Crippen molar-refractivity contribution in [2.45, 2.75) is 6.61 Å². The Bertz CT molecular complexity index is 770. The van der Waals surface area contributed by atoms with Crippen LogP contribution in [0.1, 0.15) is 5.69 Å². The van der Waals surface area contributed by atoms with E-state index in [4.69, 9.17) is 4.74 Å². The first kappa shape index (κ1) is 13.1. The summed E-state index contributed by atoms with van der Waals surface area (Å²) in [5, 5.41) is 5.48. The first-order valence-corrected chi connectivity index (χ1v) is 6.93. The van der Waals surface area contributed by atoms with Crippen LogP contribution in [0.25, 0.3) is 10.9 Å². The van der Waals surface area contributed by atoms with E-state index < -0.39 is 0 Å². The largest absolute Gasteiger partial charge is 0.486 e. The molecule has 0 atom stereocenters. The Kier molecular flexibility index (Phi) is 3.44. The molecular formula is C15H12BrFN2O. The second-order valence-corrected chi connectivity index (χ2v) is 5.31. The van der Waals surface area contributed by atoms with Crippen molar-refractivity contribution < 1.29 is 9.13 Å². The molecule has 5 heteroatoms. The Balaban J connectivity index is 1.89. The zero-order chi connectivity index (χ0) is 14.1. The SMILES string of the molecule is Cn1nc(COc2cc(F)ccc2Br)c2ccccc21. The van der Waals surface area contributed by atoms with Gasteiger partial charge in [0.15, 0.2) is 0 Å². The molecule has 0 fully saturated rings. The Morgan fingerprint density at radius 3 is 2.90 bits per heavy atom. The summed E-state index contributed by atoms with van der Waals surface area (Å²) in [7, 11) is 1.89. The lowest BCUT2D eigenvalue weighted by molar-refractivity contribution is 0.298. The summed E-state index contributed by atoms with van der Waals surface area (Å²) in [4.78, 5) is 0. The van der Waals surface area contributed by atoms with Crippen LogP contribution in [0, 0.1) is 5.82 Å². The van der Waals surface area contributed by atoms with Gasteiger partial charge in [-0.1, -0.05) is 18.2 Å². The van der Waals surface area contributed by atoms with Gasteiger partial charge in [-0.15, -0.1) is 0 Å². The highest BCUT2D eigenvalue weighted by molar-refractivity contribution is 9.10. The van der Waals surface area contributed by atoms with Gasteiger partial charge >= 0.3 is 0 Å². The summed E-state index contributed by atoms with van der Waals surface area (Å²) < 4.78 is 21.4. The maximum atomic E-state index is 13.2. The molecule has 0 N–H and O–H groups in total. The number of hydrogen-bond acceptors (Lipinski definition) is 2. The minimum atomic E-state index is -0.325. The smallest absolute Gasteiger partial charge is 0.136 e. The molecule has 0 aliphatic heterocycles. The fourth-order valence-electron chi connectivity index (χ4n) is 2.13. The van der Waals surface area contributed by atoms with Crippen molar-refractivity contribution in [2.24, 2.45) is 7.05 Å². The van der Waals surface area contributed by atoms with E-state index in [-0.39, 0.29) is 5.82 Å². The summed E-state index contributed by atoms with van der Waals surface area (Å²) in [6.07, 6.45) is 0. The average Bonchev–Trinajstić information content (AvgIpc) is 2.77. The first-order valence-electron chi connectivity index (χ1n) is 6.13. The molecular weight excluding hydrogens is 323 g/mol. The van der Waals surface area contributed by atoms with Crippen molar-refractivity contribution in [3.05, 3.63) is 58.4 Å². The van der Waals surface area contributed by atoms with Crippen LogP contribution in [-0.4, -0.2) is 9.78 Å². The highest BCUT2D eigenvalue weighted by Crippen LogP contribution is 2.27. The highest BCUT2D eigenvalue weighted by Gasteiger charge is 2.10. The lowest BCUT2D eigenvalue weighted by Gasteiger charge is -2.06. The molecule has 3 rings (SSSR count). The van der Waals surface area contributed by atoms with Gasteiger partial charge in [-0.25, -0.2) is 4.39 Å². The fourth-order valence-corrected chi connectivity index (χ4v) is 2.49. The molecule has 0 radical (unpaired) electrons. The second-order valence-electron chi connectivity index (χ2n) is 4.45. The first-order chi connectivity index (χ1) is 9.65. The van der Waals surface area contributed by atoms with Crippen molar-refractivity contribution in [1.29, 1.82) is 0 Å². The molecule has 0 spiro atoms. The number of aryl methyl sites for hydroxylation is 1. The highest BCUT2D eigenvalue weighted by atomic mass is 79.9. The van der Waals surface area contributed by atoms with Crippen molar-refractivity contribution in [3.63, 3.8) is 0 Å². The number of nitrogens with zero attached hydrogens (tertiary/aromatic N) is 2. The molecule has 0 saturated heterocycles. The van der Waals surface area contributed by atoms with Gasteiger partial charge in [0.1, 0.15) is 23.9 Å². The van der Waals surface area contributed by atoms with Gasteiger partial charge in [0.2, 0.25) is 0 Å². The number of para-hydroxylation sites is 1. The van der Waals surface area contributed by atoms with Crippen LogP contribution in [0.4, 0.5) is 4.39 Å². The zero-order valence-corrected chi connectivity index (χ0v) is 12.4. The van der Waals surface area contributed by atoms with Crippen LogP contribution in [0.2, 0.25) is 0 Å². The van der Waals surface area contributed by atoms with Gasteiger partial charge in [-0.3, -0.25) is 4.68 Å². The number of halogens is 2. The van der Waals surface area contributed by atoms with Crippen LogP contribution in [0.15, 0.2) is 46.9 Å². The van der Waals surface area contributed by atoms with Crippen molar-refractivity contribution in [2.75, 3.05) is 0 Å². The second kappa shape index (κ2) is 5.25. The maximum Gasteiger partial charge on any atom is 0.136 e. The predicted molar refractivity (Wildman–Crippen MR) is 79.1 cm³/mol. The van der Waals surface area contributed by atoms with E-state index in [1.165, 1.54) is 12.1 Å².